The maximum absolute atomic E-state index is 13.1. The predicted molar refractivity (Wildman–Crippen MR) is 125 cm³/mol. The van der Waals surface area contributed by atoms with E-state index < -0.39 is 11.4 Å². The smallest absolute Gasteiger partial charge is 0.332 e. The van der Waals surface area contributed by atoms with Gasteiger partial charge < -0.3 is 10.1 Å². The lowest BCUT2D eigenvalue weighted by Crippen LogP contribution is -2.40. The van der Waals surface area contributed by atoms with E-state index in [1.807, 2.05) is 50.2 Å². The number of halogens is 2. The number of hydrogen-bond donors (Lipinski definition) is 1. The highest BCUT2D eigenvalue weighted by Gasteiger charge is 2.44. The molecule has 0 bridgehead atoms. The number of nitriles is 1. The van der Waals surface area contributed by atoms with E-state index in [1.54, 1.807) is 36.4 Å². The van der Waals surface area contributed by atoms with Crippen molar-refractivity contribution in [3.63, 3.8) is 0 Å². The molecular weight excluding hydrogens is 431 g/mol. The molecule has 6 heteroatoms. The van der Waals surface area contributed by atoms with Crippen LogP contribution in [0.2, 0.25) is 10.0 Å². The molecule has 0 aliphatic rings. The molecule has 0 fully saturated rings. The first-order chi connectivity index (χ1) is 14.8. The third-order valence-electron chi connectivity index (χ3n) is 5.12. The minimum atomic E-state index is -1.33. The maximum Gasteiger partial charge on any atom is 0.332 e. The van der Waals surface area contributed by atoms with Gasteiger partial charge in [0, 0.05) is 27.8 Å². The molecule has 3 rings (SSSR count). The second-order valence-corrected chi connectivity index (χ2v) is 8.46. The topological polar surface area (TPSA) is 62.1 Å². The lowest BCUT2D eigenvalue weighted by Gasteiger charge is -2.28. The Labute approximate surface area is 192 Å². The zero-order valence-electron chi connectivity index (χ0n) is 17.2. The van der Waals surface area contributed by atoms with Gasteiger partial charge in [0.25, 0.3) is 0 Å². The molecule has 0 amide bonds. The van der Waals surface area contributed by atoms with Crippen molar-refractivity contribution in [2.45, 2.75) is 20.3 Å². The monoisotopic (exact) mass is 452 g/mol. The number of benzene rings is 3. The third kappa shape index (κ3) is 5.58. The van der Waals surface area contributed by atoms with E-state index >= 15 is 0 Å². The van der Waals surface area contributed by atoms with Crippen LogP contribution in [0.3, 0.4) is 0 Å². The van der Waals surface area contributed by atoms with Crippen LogP contribution in [0.25, 0.3) is 0 Å². The number of carbonyl (C=O) groups excluding carboxylic acids is 1. The molecule has 0 radical (unpaired) electrons. The normalized spacial score (nSPS) is 12.6. The fourth-order valence-corrected chi connectivity index (χ4v) is 3.46. The quantitative estimate of drug-likeness (QED) is 0.308. The van der Waals surface area contributed by atoms with Crippen LogP contribution >= 0.6 is 23.2 Å². The Morgan fingerprint density at radius 2 is 1.61 bits per heavy atom. The van der Waals surface area contributed by atoms with E-state index in [0.29, 0.717) is 15.8 Å². The molecule has 0 spiro atoms. The maximum atomic E-state index is 13.1. The van der Waals surface area contributed by atoms with Gasteiger partial charge in [-0.3, -0.25) is 0 Å². The molecule has 4 nitrogen and oxygen atoms in total. The second kappa shape index (κ2) is 9.87. The average Bonchev–Trinajstić information content (AvgIpc) is 2.75. The molecular formula is C25H22Cl2N2O2. The van der Waals surface area contributed by atoms with E-state index in [4.69, 9.17) is 27.9 Å². The summed E-state index contributed by atoms with van der Waals surface area (Å²) in [5.41, 5.74) is 1.25. The third-order valence-corrected chi connectivity index (χ3v) is 5.62. The molecule has 1 N–H and O–H groups in total. The largest absolute Gasteiger partial charge is 0.425 e. The molecule has 1 unspecified atom stereocenters. The summed E-state index contributed by atoms with van der Waals surface area (Å²) in [5, 5.41) is 14.5. The summed E-state index contributed by atoms with van der Waals surface area (Å²) in [6.45, 7) is 3.70. The number of nitrogens with one attached hydrogen (secondary N) is 1. The summed E-state index contributed by atoms with van der Waals surface area (Å²) in [5.74, 6) is -0.485. The number of nitrogens with zero attached hydrogens (tertiary/aromatic N) is 1. The first kappa shape index (κ1) is 22.7. The van der Waals surface area contributed by atoms with E-state index in [1.165, 1.54) is 0 Å². The summed E-state index contributed by atoms with van der Waals surface area (Å²) >= 11 is 11.8. The van der Waals surface area contributed by atoms with Crippen LogP contribution in [0.4, 0.5) is 11.4 Å². The molecule has 31 heavy (non-hydrogen) atoms. The van der Waals surface area contributed by atoms with Gasteiger partial charge in [-0.1, -0.05) is 49.2 Å². The van der Waals surface area contributed by atoms with Crippen molar-refractivity contribution < 1.29 is 9.53 Å². The van der Waals surface area contributed by atoms with Gasteiger partial charge in [-0.05, 0) is 72.1 Å². The SMILES string of the molecule is CC(C)C(C#N)(Cc1cccc(Nc2ccc(Cl)cc2)c1)C(=O)Oc1ccc(Cl)cc1. The van der Waals surface area contributed by atoms with E-state index in [9.17, 15) is 10.1 Å². The first-order valence-electron chi connectivity index (χ1n) is 9.83. The van der Waals surface area contributed by atoms with Gasteiger partial charge in [-0.25, -0.2) is 4.79 Å². The molecule has 0 saturated heterocycles. The molecule has 0 heterocycles. The Balaban J connectivity index is 1.83. The minimum absolute atomic E-state index is 0.226. The van der Waals surface area contributed by atoms with Crippen LogP contribution in [0, 0.1) is 22.7 Å². The molecule has 0 aliphatic heterocycles. The zero-order valence-corrected chi connectivity index (χ0v) is 18.7. The number of anilines is 2. The van der Waals surface area contributed by atoms with Crippen LogP contribution in [0.15, 0.2) is 72.8 Å². The van der Waals surface area contributed by atoms with Crippen molar-refractivity contribution in [1.82, 2.24) is 0 Å². The molecule has 158 valence electrons. The Hall–Kier alpha value is -3.00. The fourth-order valence-electron chi connectivity index (χ4n) is 3.21. The summed E-state index contributed by atoms with van der Waals surface area (Å²) in [4.78, 5) is 13.1. The first-order valence-corrected chi connectivity index (χ1v) is 10.6. The Morgan fingerprint density at radius 3 is 2.19 bits per heavy atom. The van der Waals surface area contributed by atoms with Crippen molar-refractivity contribution in [3.05, 3.63) is 88.4 Å². The number of hydrogen-bond acceptors (Lipinski definition) is 4. The molecule has 3 aromatic rings. The lowest BCUT2D eigenvalue weighted by atomic mass is 9.74. The number of esters is 1. The summed E-state index contributed by atoms with van der Waals surface area (Å²) in [7, 11) is 0. The van der Waals surface area contributed by atoms with Gasteiger partial charge in [0.2, 0.25) is 0 Å². The van der Waals surface area contributed by atoms with Gasteiger partial charge in [0.15, 0.2) is 5.41 Å². The highest BCUT2D eigenvalue weighted by Crippen LogP contribution is 2.34. The number of rotatable bonds is 7. The fraction of sp³-hybridized carbons (Fsp3) is 0.200. The van der Waals surface area contributed by atoms with Gasteiger partial charge in [-0.2, -0.15) is 5.26 Å². The summed E-state index contributed by atoms with van der Waals surface area (Å²) in [6.07, 6.45) is 0.226. The summed E-state index contributed by atoms with van der Waals surface area (Å²) < 4.78 is 5.55. The molecule has 0 aliphatic carbocycles. The molecule has 0 saturated carbocycles. The summed E-state index contributed by atoms with van der Waals surface area (Å²) in [6, 6.07) is 23.7. The van der Waals surface area contributed by atoms with Crippen molar-refractivity contribution in [1.29, 1.82) is 5.26 Å². The van der Waals surface area contributed by atoms with Gasteiger partial charge >= 0.3 is 5.97 Å². The highest BCUT2D eigenvalue weighted by molar-refractivity contribution is 6.30. The van der Waals surface area contributed by atoms with Crippen LogP contribution in [-0.4, -0.2) is 5.97 Å². The zero-order chi connectivity index (χ0) is 22.4. The Kier molecular flexibility index (Phi) is 7.22. The van der Waals surface area contributed by atoms with Gasteiger partial charge in [0.05, 0.1) is 6.07 Å². The predicted octanol–water partition coefficient (Wildman–Crippen LogP) is 7.05. The van der Waals surface area contributed by atoms with Crippen LogP contribution < -0.4 is 10.1 Å². The molecule has 0 aromatic heterocycles. The lowest BCUT2D eigenvalue weighted by molar-refractivity contribution is -0.144. The standard InChI is InChI=1S/C25H22Cl2N2O2/c1-17(2)25(16-28,24(30)31-23-12-8-20(27)9-13-23)15-18-4-3-5-22(14-18)29-21-10-6-19(26)7-11-21/h3-14,17,29H,15H2,1-2H3. The Bertz CT molecular complexity index is 1090. The number of ether oxygens (including phenoxy) is 1. The van der Waals surface area contributed by atoms with Crippen molar-refractivity contribution in [3.8, 4) is 11.8 Å². The van der Waals surface area contributed by atoms with Crippen LogP contribution in [0.1, 0.15) is 19.4 Å². The Morgan fingerprint density at radius 1 is 1.00 bits per heavy atom. The van der Waals surface area contributed by atoms with E-state index in [0.717, 1.165) is 16.9 Å². The van der Waals surface area contributed by atoms with Gasteiger partial charge in [0.1, 0.15) is 5.75 Å². The molecule has 3 aromatic carbocycles. The van der Waals surface area contributed by atoms with Gasteiger partial charge in [-0.15, -0.1) is 0 Å². The van der Waals surface area contributed by atoms with Crippen molar-refractivity contribution in [2.24, 2.45) is 11.3 Å². The number of carbonyl (C=O) groups is 1. The van der Waals surface area contributed by atoms with Crippen molar-refractivity contribution in [2.75, 3.05) is 5.32 Å². The van der Waals surface area contributed by atoms with Crippen LogP contribution in [0.5, 0.6) is 5.75 Å². The van der Waals surface area contributed by atoms with E-state index in [2.05, 4.69) is 11.4 Å². The molecule has 1 atom stereocenters. The second-order valence-electron chi connectivity index (χ2n) is 7.59. The average molecular weight is 453 g/mol. The minimum Gasteiger partial charge on any atom is -0.425 e. The van der Waals surface area contributed by atoms with Crippen LogP contribution in [-0.2, 0) is 11.2 Å². The highest BCUT2D eigenvalue weighted by atomic mass is 35.5. The van der Waals surface area contributed by atoms with Crippen molar-refractivity contribution >= 4 is 40.5 Å². The van der Waals surface area contributed by atoms with E-state index in [-0.39, 0.29) is 12.3 Å².